The summed E-state index contributed by atoms with van der Waals surface area (Å²) in [6.07, 6.45) is 2.77. The first-order chi connectivity index (χ1) is 9.36. The minimum atomic E-state index is 0.871. The van der Waals surface area contributed by atoms with Gasteiger partial charge in [-0.1, -0.05) is 12.1 Å². The number of hydrogen-bond donors (Lipinski definition) is 1. The zero-order valence-electron chi connectivity index (χ0n) is 11.1. The van der Waals surface area contributed by atoms with E-state index in [4.69, 9.17) is 4.74 Å². The number of nitrogens with one attached hydrogen (secondary N) is 1. The summed E-state index contributed by atoms with van der Waals surface area (Å²) in [6, 6.07) is 8.02. The number of benzene rings is 1. The molecule has 0 atom stereocenters. The van der Waals surface area contributed by atoms with Crippen LogP contribution in [0, 0.1) is 5.92 Å². The molecule has 1 aromatic carbocycles. The van der Waals surface area contributed by atoms with Crippen molar-refractivity contribution < 1.29 is 4.74 Å². The van der Waals surface area contributed by atoms with E-state index >= 15 is 0 Å². The molecule has 100 valence electrons. The van der Waals surface area contributed by atoms with Gasteiger partial charge in [-0.05, 0) is 37.4 Å². The summed E-state index contributed by atoms with van der Waals surface area (Å²) in [5, 5.41) is 6.72. The molecule has 0 amide bonds. The number of hydrogen-bond acceptors (Lipinski definition) is 4. The van der Waals surface area contributed by atoms with Crippen LogP contribution in [0.1, 0.15) is 17.8 Å². The zero-order valence-corrected chi connectivity index (χ0v) is 11.9. The molecule has 2 aromatic rings. The van der Waals surface area contributed by atoms with Crippen molar-refractivity contribution in [2.75, 3.05) is 13.7 Å². The number of aromatic nitrogens is 1. The summed E-state index contributed by atoms with van der Waals surface area (Å²) >= 11 is 1.71. The molecule has 3 nitrogen and oxygen atoms in total. The second kappa shape index (κ2) is 5.72. The smallest absolute Gasteiger partial charge is 0.128 e. The Morgan fingerprint density at radius 1 is 1.37 bits per heavy atom. The van der Waals surface area contributed by atoms with Gasteiger partial charge < -0.3 is 10.1 Å². The van der Waals surface area contributed by atoms with Crippen LogP contribution in [0.2, 0.25) is 0 Å². The van der Waals surface area contributed by atoms with Gasteiger partial charge >= 0.3 is 0 Å². The van der Waals surface area contributed by atoms with E-state index in [9.17, 15) is 0 Å². The van der Waals surface area contributed by atoms with Crippen LogP contribution in [-0.4, -0.2) is 18.6 Å². The van der Waals surface area contributed by atoms with Crippen LogP contribution < -0.4 is 10.1 Å². The monoisotopic (exact) mass is 274 g/mol. The van der Waals surface area contributed by atoms with Crippen molar-refractivity contribution in [1.29, 1.82) is 0 Å². The Hall–Kier alpha value is -1.39. The van der Waals surface area contributed by atoms with Crippen LogP contribution in [0.3, 0.4) is 0 Å². The Balaban J connectivity index is 1.68. The van der Waals surface area contributed by atoms with E-state index in [0.29, 0.717) is 0 Å². The molecule has 19 heavy (non-hydrogen) atoms. The molecule has 1 aromatic heterocycles. The number of ether oxygens (including phenoxy) is 1. The molecule has 1 heterocycles. The zero-order chi connectivity index (χ0) is 13.1. The van der Waals surface area contributed by atoms with Gasteiger partial charge in [-0.15, -0.1) is 11.3 Å². The summed E-state index contributed by atoms with van der Waals surface area (Å²) in [6.45, 7) is 2.00. The fraction of sp³-hybridized carbons (Fsp3) is 0.400. The summed E-state index contributed by atoms with van der Waals surface area (Å²) < 4.78 is 5.38. The SMILES string of the molecule is COc1ccccc1-c1csc(CNCC2CC2)n1. The Morgan fingerprint density at radius 2 is 2.21 bits per heavy atom. The molecule has 4 heteroatoms. The maximum absolute atomic E-state index is 5.38. The van der Waals surface area contributed by atoms with Crippen LogP contribution in [0.15, 0.2) is 29.6 Å². The van der Waals surface area contributed by atoms with E-state index in [0.717, 1.165) is 41.0 Å². The average molecular weight is 274 g/mol. The van der Waals surface area contributed by atoms with Gasteiger partial charge in [0.15, 0.2) is 0 Å². The van der Waals surface area contributed by atoms with Gasteiger partial charge in [0.2, 0.25) is 0 Å². The van der Waals surface area contributed by atoms with Gasteiger partial charge in [0.05, 0.1) is 12.8 Å². The maximum atomic E-state index is 5.38. The molecule has 1 saturated carbocycles. The number of methoxy groups -OCH3 is 1. The average Bonchev–Trinajstić information content (AvgIpc) is 3.15. The largest absolute Gasteiger partial charge is 0.496 e. The van der Waals surface area contributed by atoms with E-state index in [1.165, 1.54) is 12.8 Å². The molecule has 0 radical (unpaired) electrons. The first kappa shape index (κ1) is 12.6. The number of para-hydroxylation sites is 1. The lowest BCUT2D eigenvalue weighted by Gasteiger charge is -2.05. The third kappa shape index (κ3) is 3.14. The molecule has 1 aliphatic carbocycles. The standard InChI is InChI=1S/C15H18N2OS/c1-18-14-5-3-2-4-12(14)13-10-19-15(17-13)9-16-8-11-6-7-11/h2-5,10-11,16H,6-9H2,1H3. The molecule has 1 aliphatic rings. The van der Waals surface area contributed by atoms with Crippen LogP contribution in [-0.2, 0) is 6.54 Å². The fourth-order valence-corrected chi connectivity index (χ4v) is 2.84. The third-order valence-corrected chi connectivity index (χ3v) is 4.19. The van der Waals surface area contributed by atoms with E-state index < -0.39 is 0 Å². The van der Waals surface area contributed by atoms with Gasteiger partial charge in [0, 0.05) is 17.5 Å². The number of rotatable bonds is 6. The van der Waals surface area contributed by atoms with Crippen molar-refractivity contribution in [3.05, 3.63) is 34.7 Å². The molecule has 1 N–H and O–H groups in total. The van der Waals surface area contributed by atoms with Crippen LogP contribution >= 0.6 is 11.3 Å². The summed E-state index contributed by atoms with van der Waals surface area (Å²) in [5.41, 5.74) is 2.07. The van der Waals surface area contributed by atoms with Gasteiger partial charge in [0.25, 0.3) is 0 Å². The molecule has 3 rings (SSSR count). The van der Waals surface area contributed by atoms with Crippen molar-refractivity contribution in [3.8, 4) is 17.0 Å². The van der Waals surface area contributed by atoms with Gasteiger partial charge in [-0.2, -0.15) is 0 Å². The highest BCUT2D eigenvalue weighted by atomic mass is 32.1. The maximum Gasteiger partial charge on any atom is 0.128 e. The molecule has 0 aliphatic heterocycles. The lowest BCUT2D eigenvalue weighted by Crippen LogP contribution is -2.15. The summed E-state index contributed by atoms with van der Waals surface area (Å²) in [7, 11) is 1.70. The molecule has 0 spiro atoms. The van der Waals surface area contributed by atoms with Gasteiger partial charge in [-0.25, -0.2) is 4.98 Å². The molecule has 0 unspecified atom stereocenters. The second-order valence-corrected chi connectivity index (χ2v) is 5.84. The predicted molar refractivity (Wildman–Crippen MR) is 78.5 cm³/mol. The van der Waals surface area contributed by atoms with E-state index in [-0.39, 0.29) is 0 Å². The Morgan fingerprint density at radius 3 is 3.00 bits per heavy atom. The normalized spacial score (nSPS) is 14.6. The number of thiazole rings is 1. The lowest BCUT2D eigenvalue weighted by molar-refractivity contribution is 0.416. The minimum absolute atomic E-state index is 0.871. The van der Waals surface area contributed by atoms with Crippen LogP contribution in [0.4, 0.5) is 0 Å². The molecule has 1 fully saturated rings. The van der Waals surface area contributed by atoms with Gasteiger partial charge in [0.1, 0.15) is 10.8 Å². The van der Waals surface area contributed by atoms with Crippen molar-refractivity contribution >= 4 is 11.3 Å². The second-order valence-electron chi connectivity index (χ2n) is 4.90. The number of nitrogens with zero attached hydrogens (tertiary/aromatic N) is 1. The molecule has 0 saturated heterocycles. The summed E-state index contributed by atoms with van der Waals surface area (Å²) in [5.74, 6) is 1.79. The Kier molecular flexibility index (Phi) is 3.80. The highest BCUT2D eigenvalue weighted by Crippen LogP contribution is 2.30. The molecule has 0 bridgehead atoms. The van der Waals surface area contributed by atoms with Gasteiger partial charge in [-0.3, -0.25) is 0 Å². The third-order valence-electron chi connectivity index (χ3n) is 3.34. The minimum Gasteiger partial charge on any atom is -0.496 e. The summed E-state index contributed by atoms with van der Waals surface area (Å²) in [4.78, 5) is 4.68. The molecular weight excluding hydrogens is 256 g/mol. The molecular formula is C15H18N2OS. The Bertz CT molecular complexity index is 549. The highest BCUT2D eigenvalue weighted by molar-refractivity contribution is 7.09. The highest BCUT2D eigenvalue weighted by Gasteiger charge is 2.20. The van der Waals surface area contributed by atoms with E-state index in [1.807, 2.05) is 18.2 Å². The first-order valence-electron chi connectivity index (χ1n) is 6.65. The quantitative estimate of drug-likeness (QED) is 0.877. The van der Waals surface area contributed by atoms with Crippen LogP contribution in [0.25, 0.3) is 11.3 Å². The lowest BCUT2D eigenvalue weighted by atomic mass is 10.1. The first-order valence-corrected chi connectivity index (χ1v) is 7.53. The van der Waals surface area contributed by atoms with E-state index in [1.54, 1.807) is 18.4 Å². The fourth-order valence-electron chi connectivity index (χ4n) is 2.08. The predicted octanol–water partition coefficient (Wildman–Crippen LogP) is 3.32. The van der Waals surface area contributed by atoms with Crippen molar-refractivity contribution in [2.24, 2.45) is 5.92 Å². The van der Waals surface area contributed by atoms with E-state index in [2.05, 4.69) is 21.7 Å². The van der Waals surface area contributed by atoms with Crippen LogP contribution in [0.5, 0.6) is 5.75 Å². The Labute approximate surface area is 117 Å². The topological polar surface area (TPSA) is 34.1 Å². The van der Waals surface area contributed by atoms with Crippen molar-refractivity contribution in [3.63, 3.8) is 0 Å². The van der Waals surface area contributed by atoms with Crippen molar-refractivity contribution in [2.45, 2.75) is 19.4 Å². The van der Waals surface area contributed by atoms with Crippen molar-refractivity contribution in [1.82, 2.24) is 10.3 Å².